The van der Waals surface area contributed by atoms with Crippen LogP contribution < -0.4 is 30.5 Å². The summed E-state index contributed by atoms with van der Waals surface area (Å²) in [5, 5.41) is 13.4. The Morgan fingerprint density at radius 2 is 1.24 bits per heavy atom. The van der Waals surface area contributed by atoms with Crippen LogP contribution in [-0.4, -0.2) is 18.3 Å². The molecule has 0 fully saturated rings. The van der Waals surface area contributed by atoms with Crippen molar-refractivity contribution in [2.75, 3.05) is 23.4 Å². The highest BCUT2D eigenvalue weighted by atomic mass is 16.5. The largest absolute Gasteiger partial charge is 0.504 e. The zero-order valence-corrected chi connectivity index (χ0v) is 27.5. The SMILES string of the molecule is CCCCCCOc1ccc(N(c2ccc(OCCCCCC)cc2)c2ccc3c(c2)C(C)(C)/C(=C\c2c(O)c(=O)c2=O)N3)cc1. The van der Waals surface area contributed by atoms with Crippen LogP contribution in [0.4, 0.5) is 22.7 Å². The van der Waals surface area contributed by atoms with Gasteiger partial charge in [0.2, 0.25) is 5.43 Å². The molecule has 5 rings (SSSR count). The van der Waals surface area contributed by atoms with Crippen molar-refractivity contribution in [2.45, 2.75) is 84.5 Å². The highest BCUT2D eigenvalue weighted by Crippen LogP contribution is 2.47. The van der Waals surface area contributed by atoms with E-state index >= 15 is 0 Å². The van der Waals surface area contributed by atoms with Gasteiger partial charge in [-0.25, -0.2) is 0 Å². The quantitative estimate of drug-likeness (QED) is 0.0952. The van der Waals surface area contributed by atoms with E-state index in [1.54, 1.807) is 6.08 Å². The van der Waals surface area contributed by atoms with Crippen LogP contribution in [0.5, 0.6) is 17.2 Å². The van der Waals surface area contributed by atoms with E-state index in [1.807, 2.05) is 30.3 Å². The van der Waals surface area contributed by atoms with E-state index in [1.165, 1.54) is 38.5 Å². The molecule has 1 aliphatic heterocycles. The van der Waals surface area contributed by atoms with Gasteiger partial charge in [-0.05, 0) is 91.2 Å². The molecule has 4 aromatic carbocycles. The zero-order chi connectivity index (χ0) is 32.7. The molecule has 0 spiro atoms. The van der Waals surface area contributed by atoms with E-state index in [0.717, 1.165) is 58.4 Å². The molecule has 0 bridgehead atoms. The lowest BCUT2D eigenvalue weighted by atomic mass is 9.82. The summed E-state index contributed by atoms with van der Waals surface area (Å²) in [5.74, 6) is 1.23. The fourth-order valence-electron chi connectivity index (χ4n) is 5.90. The molecule has 0 amide bonds. The molecule has 0 saturated heterocycles. The number of ether oxygens (including phenoxy) is 2. The van der Waals surface area contributed by atoms with Crippen molar-refractivity contribution in [3.8, 4) is 17.2 Å². The topological polar surface area (TPSA) is 88.1 Å². The molecule has 7 heteroatoms. The molecule has 4 aromatic rings. The fraction of sp³-hybridized carbons (Fsp3) is 0.385. The molecule has 0 radical (unpaired) electrons. The van der Waals surface area contributed by atoms with E-state index in [2.05, 4.69) is 74.3 Å². The molecule has 0 aromatic heterocycles. The second-order valence-corrected chi connectivity index (χ2v) is 12.6. The molecular formula is C39H46N2O5. The predicted octanol–water partition coefficient (Wildman–Crippen LogP) is 9.12. The van der Waals surface area contributed by atoms with Crippen LogP contribution in [0, 0.1) is 0 Å². The number of nitrogens with one attached hydrogen (secondary N) is 1. The van der Waals surface area contributed by atoms with Crippen LogP contribution in [0.15, 0.2) is 82.0 Å². The smallest absolute Gasteiger partial charge is 0.268 e. The van der Waals surface area contributed by atoms with Crippen molar-refractivity contribution in [3.63, 3.8) is 0 Å². The van der Waals surface area contributed by atoms with Gasteiger partial charge in [0.25, 0.3) is 5.43 Å². The molecule has 242 valence electrons. The minimum Gasteiger partial charge on any atom is -0.504 e. The number of aromatic hydroxyl groups is 1. The van der Waals surface area contributed by atoms with Crippen molar-refractivity contribution >= 4 is 28.8 Å². The second-order valence-electron chi connectivity index (χ2n) is 12.6. The maximum absolute atomic E-state index is 12.1. The van der Waals surface area contributed by atoms with Crippen LogP contribution in [0.25, 0.3) is 6.08 Å². The Bertz CT molecular complexity index is 1660. The minimum atomic E-state index is -0.834. The first-order valence-corrected chi connectivity index (χ1v) is 16.7. The third-order valence-electron chi connectivity index (χ3n) is 8.81. The summed E-state index contributed by atoms with van der Waals surface area (Å²) in [7, 11) is 0. The first-order chi connectivity index (χ1) is 22.2. The molecule has 1 heterocycles. The fourth-order valence-corrected chi connectivity index (χ4v) is 5.90. The van der Waals surface area contributed by atoms with Gasteiger partial charge in [0.15, 0.2) is 5.75 Å². The molecular weight excluding hydrogens is 576 g/mol. The summed E-state index contributed by atoms with van der Waals surface area (Å²) in [4.78, 5) is 25.9. The molecule has 46 heavy (non-hydrogen) atoms. The van der Waals surface area contributed by atoms with Crippen LogP contribution in [-0.2, 0) is 5.41 Å². The summed E-state index contributed by atoms with van der Waals surface area (Å²) < 4.78 is 12.1. The Kier molecular flexibility index (Phi) is 10.5. The lowest BCUT2D eigenvalue weighted by molar-refractivity contribution is 0.305. The van der Waals surface area contributed by atoms with Crippen LogP contribution in [0.2, 0.25) is 0 Å². The first-order valence-electron chi connectivity index (χ1n) is 16.7. The van der Waals surface area contributed by atoms with E-state index in [-0.39, 0.29) is 5.56 Å². The lowest BCUT2D eigenvalue weighted by Gasteiger charge is -2.28. The average Bonchev–Trinajstić information content (AvgIpc) is 3.32. The molecule has 0 unspecified atom stereocenters. The van der Waals surface area contributed by atoms with E-state index in [0.29, 0.717) is 13.2 Å². The number of unbranched alkanes of at least 4 members (excludes halogenated alkanes) is 6. The van der Waals surface area contributed by atoms with E-state index in [4.69, 9.17) is 9.47 Å². The van der Waals surface area contributed by atoms with Gasteiger partial charge >= 0.3 is 0 Å². The maximum Gasteiger partial charge on any atom is 0.268 e. The van der Waals surface area contributed by atoms with Gasteiger partial charge in [0.1, 0.15) is 11.5 Å². The van der Waals surface area contributed by atoms with Crippen molar-refractivity contribution in [1.82, 2.24) is 0 Å². The van der Waals surface area contributed by atoms with Gasteiger partial charge in [-0.1, -0.05) is 66.2 Å². The first kappa shape index (κ1) is 32.9. The lowest BCUT2D eigenvalue weighted by Crippen LogP contribution is -2.33. The summed E-state index contributed by atoms with van der Waals surface area (Å²) in [6, 6.07) is 22.7. The van der Waals surface area contributed by atoms with Gasteiger partial charge in [-0.15, -0.1) is 0 Å². The Morgan fingerprint density at radius 1 is 0.717 bits per heavy atom. The van der Waals surface area contributed by atoms with Crippen molar-refractivity contribution < 1.29 is 14.6 Å². The minimum absolute atomic E-state index is 0.0515. The van der Waals surface area contributed by atoms with Gasteiger partial charge in [-0.2, -0.15) is 0 Å². The third kappa shape index (κ3) is 7.14. The van der Waals surface area contributed by atoms with Crippen LogP contribution >= 0.6 is 0 Å². The predicted molar refractivity (Wildman–Crippen MR) is 188 cm³/mol. The second kappa shape index (κ2) is 14.7. The monoisotopic (exact) mass is 622 g/mol. The van der Waals surface area contributed by atoms with E-state index < -0.39 is 22.0 Å². The molecule has 0 atom stereocenters. The Balaban J connectivity index is 1.43. The number of anilines is 4. The average molecular weight is 623 g/mol. The zero-order valence-electron chi connectivity index (χ0n) is 27.5. The van der Waals surface area contributed by atoms with Crippen molar-refractivity contribution in [3.05, 3.63) is 104 Å². The molecule has 2 N–H and O–H groups in total. The molecule has 0 saturated carbocycles. The number of allylic oxidation sites excluding steroid dienone is 1. The summed E-state index contributed by atoms with van der Waals surface area (Å²) in [6.07, 6.45) is 10.9. The number of benzene rings is 3. The summed E-state index contributed by atoms with van der Waals surface area (Å²) in [5.41, 5.74) is 3.69. The van der Waals surface area contributed by atoms with Gasteiger partial charge in [0, 0.05) is 33.9 Å². The van der Waals surface area contributed by atoms with Gasteiger partial charge in [0.05, 0.1) is 18.8 Å². The summed E-state index contributed by atoms with van der Waals surface area (Å²) in [6.45, 7) is 9.96. The number of hydrogen-bond acceptors (Lipinski definition) is 7. The number of rotatable bonds is 16. The third-order valence-corrected chi connectivity index (χ3v) is 8.81. The highest BCUT2D eigenvalue weighted by Gasteiger charge is 2.36. The normalized spacial score (nSPS) is 14.3. The van der Waals surface area contributed by atoms with Crippen molar-refractivity contribution in [2.24, 2.45) is 0 Å². The molecule has 7 nitrogen and oxygen atoms in total. The summed E-state index contributed by atoms with van der Waals surface area (Å²) >= 11 is 0. The van der Waals surface area contributed by atoms with Crippen molar-refractivity contribution in [1.29, 1.82) is 0 Å². The van der Waals surface area contributed by atoms with Crippen LogP contribution in [0.1, 0.15) is 90.2 Å². The highest BCUT2D eigenvalue weighted by molar-refractivity contribution is 5.82. The Morgan fingerprint density at radius 3 is 1.74 bits per heavy atom. The maximum atomic E-state index is 12.1. The van der Waals surface area contributed by atoms with E-state index in [9.17, 15) is 14.7 Å². The number of fused-ring (bicyclic) bond motifs is 1. The standard InChI is InChI=1S/C39H46N2O5/c1-5-7-9-11-23-45-30-18-13-27(14-19-30)41(28-15-20-31(21-16-28)46-24-12-10-8-6-2)29-17-22-34-33(25-29)39(3,4)35(40-34)26-32-36(42)38(44)37(32)43/h13-22,25-26,40,42H,5-12,23-24H2,1-4H3/b35-26+. The molecule has 0 aliphatic carbocycles. The van der Waals surface area contributed by atoms with Gasteiger partial charge in [-0.3, -0.25) is 9.59 Å². The number of hydrogen-bond donors (Lipinski definition) is 2. The Labute approximate surface area is 272 Å². The van der Waals surface area contributed by atoms with Crippen LogP contribution in [0.3, 0.4) is 0 Å². The molecule has 1 aliphatic rings. The number of nitrogens with zero attached hydrogens (tertiary/aromatic N) is 1. The van der Waals surface area contributed by atoms with Gasteiger partial charge < -0.3 is 24.8 Å². The Hall–Kier alpha value is -4.52.